The van der Waals surface area contributed by atoms with Gasteiger partial charge in [0.25, 0.3) is 5.91 Å². The molecular formula is C16H8F6N2O2. The van der Waals surface area contributed by atoms with Crippen molar-refractivity contribution >= 4 is 23.4 Å². The predicted octanol–water partition coefficient (Wildman–Crippen LogP) is 4.94. The molecule has 4 nitrogen and oxygen atoms in total. The van der Waals surface area contributed by atoms with Crippen LogP contribution in [-0.2, 0) is 17.1 Å². The average Bonchev–Trinajstić information content (AvgIpc) is 2.53. The maximum absolute atomic E-state index is 13.1. The standard InChI is InChI=1S/C16H8F6N2O2/c17-15(18,19)10-4-5-13(12(7-10)16(20,21)22)24-14(26)9-2-1-3-11(6-9)23-8-25/h1-7H,(H,24,26). The fraction of sp³-hybridized carbons (Fsp3) is 0.125. The van der Waals surface area contributed by atoms with E-state index < -0.39 is 35.1 Å². The highest BCUT2D eigenvalue weighted by atomic mass is 19.4. The number of alkyl halides is 6. The largest absolute Gasteiger partial charge is 0.418 e. The molecule has 0 aliphatic carbocycles. The molecule has 1 N–H and O–H groups in total. The molecule has 10 heteroatoms. The smallest absolute Gasteiger partial charge is 0.321 e. The van der Waals surface area contributed by atoms with E-state index in [1.165, 1.54) is 24.3 Å². The fourth-order valence-electron chi connectivity index (χ4n) is 2.03. The van der Waals surface area contributed by atoms with Crippen LogP contribution in [-0.4, -0.2) is 12.0 Å². The van der Waals surface area contributed by atoms with Crippen LogP contribution in [0.5, 0.6) is 0 Å². The maximum Gasteiger partial charge on any atom is 0.418 e. The van der Waals surface area contributed by atoms with E-state index in [4.69, 9.17) is 0 Å². The molecule has 2 aromatic rings. The number of hydrogen-bond acceptors (Lipinski definition) is 3. The van der Waals surface area contributed by atoms with Gasteiger partial charge in [0.15, 0.2) is 0 Å². The summed E-state index contributed by atoms with van der Waals surface area (Å²) in [5.74, 6) is -1.02. The second-order valence-corrected chi connectivity index (χ2v) is 4.96. The van der Waals surface area contributed by atoms with Gasteiger partial charge in [-0.2, -0.15) is 31.3 Å². The molecule has 0 bridgehead atoms. The quantitative estimate of drug-likeness (QED) is 0.470. The average molecular weight is 374 g/mol. The number of rotatable bonds is 3. The Morgan fingerprint density at radius 1 is 0.962 bits per heavy atom. The molecule has 0 saturated carbocycles. The van der Waals surface area contributed by atoms with Gasteiger partial charge in [-0.3, -0.25) is 4.79 Å². The number of nitrogens with zero attached hydrogens (tertiary/aromatic N) is 1. The molecule has 0 unspecified atom stereocenters. The maximum atomic E-state index is 13.1. The minimum atomic E-state index is -5.12. The number of carbonyl (C=O) groups excluding carboxylic acids is 2. The highest BCUT2D eigenvalue weighted by Gasteiger charge is 2.38. The third-order valence-corrected chi connectivity index (χ3v) is 3.18. The van der Waals surface area contributed by atoms with Crippen LogP contribution < -0.4 is 5.32 Å². The van der Waals surface area contributed by atoms with Gasteiger partial charge in [0.05, 0.1) is 22.5 Å². The molecule has 0 aliphatic rings. The summed E-state index contributed by atoms with van der Waals surface area (Å²) in [6, 6.07) is 5.88. The highest BCUT2D eigenvalue weighted by Crippen LogP contribution is 2.39. The Bertz CT molecular complexity index is 883. The molecule has 136 valence electrons. The van der Waals surface area contributed by atoms with Crippen molar-refractivity contribution in [2.24, 2.45) is 4.99 Å². The third kappa shape index (κ3) is 4.48. The van der Waals surface area contributed by atoms with Crippen LogP contribution in [0.4, 0.5) is 37.7 Å². The molecule has 0 aliphatic heterocycles. The van der Waals surface area contributed by atoms with Crippen LogP contribution in [0.25, 0.3) is 0 Å². The minimum Gasteiger partial charge on any atom is -0.321 e. The zero-order valence-corrected chi connectivity index (χ0v) is 12.6. The molecule has 2 rings (SSSR count). The number of anilines is 1. The van der Waals surface area contributed by atoms with Gasteiger partial charge in [0, 0.05) is 5.56 Å². The monoisotopic (exact) mass is 374 g/mol. The molecule has 0 spiro atoms. The van der Waals surface area contributed by atoms with Crippen LogP contribution in [0.3, 0.4) is 0 Å². The number of hydrogen-bond donors (Lipinski definition) is 1. The molecule has 0 heterocycles. The van der Waals surface area contributed by atoms with Crippen molar-refractivity contribution in [3.63, 3.8) is 0 Å². The predicted molar refractivity (Wildman–Crippen MR) is 78.6 cm³/mol. The Kier molecular flexibility index (Phi) is 5.17. The van der Waals surface area contributed by atoms with Gasteiger partial charge in [-0.25, -0.2) is 4.79 Å². The second-order valence-electron chi connectivity index (χ2n) is 4.96. The Hall–Kier alpha value is -3.13. The number of benzene rings is 2. The van der Waals surface area contributed by atoms with E-state index >= 15 is 0 Å². The van der Waals surface area contributed by atoms with Crippen LogP contribution in [0.15, 0.2) is 47.5 Å². The summed E-state index contributed by atoms with van der Waals surface area (Å²) in [6.07, 6.45) is -8.85. The van der Waals surface area contributed by atoms with Gasteiger partial charge in [-0.05, 0) is 36.4 Å². The van der Waals surface area contributed by atoms with Crippen molar-refractivity contribution in [3.05, 3.63) is 59.2 Å². The van der Waals surface area contributed by atoms with Crippen LogP contribution >= 0.6 is 0 Å². The Morgan fingerprint density at radius 3 is 2.23 bits per heavy atom. The first kappa shape index (κ1) is 19.2. The summed E-state index contributed by atoms with van der Waals surface area (Å²) in [5.41, 5.74) is -4.07. The SMILES string of the molecule is O=C=Nc1cccc(C(=O)Nc2ccc(C(F)(F)F)cc2C(F)(F)F)c1. The van der Waals surface area contributed by atoms with E-state index in [0.29, 0.717) is 12.1 Å². The highest BCUT2D eigenvalue weighted by molar-refractivity contribution is 6.05. The lowest BCUT2D eigenvalue weighted by Crippen LogP contribution is -2.18. The summed E-state index contributed by atoms with van der Waals surface area (Å²) in [6.45, 7) is 0. The lowest BCUT2D eigenvalue weighted by atomic mass is 10.1. The van der Waals surface area contributed by atoms with Gasteiger partial charge >= 0.3 is 12.4 Å². The summed E-state index contributed by atoms with van der Waals surface area (Å²) in [4.78, 5) is 25.6. The van der Waals surface area contributed by atoms with Crippen molar-refractivity contribution in [2.75, 3.05) is 5.32 Å². The zero-order chi connectivity index (χ0) is 19.5. The van der Waals surface area contributed by atoms with Crippen molar-refractivity contribution in [2.45, 2.75) is 12.4 Å². The van der Waals surface area contributed by atoms with E-state index in [1.54, 1.807) is 0 Å². The molecule has 0 aromatic heterocycles. The summed E-state index contributed by atoms with van der Waals surface area (Å²) < 4.78 is 77.1. The number of carbonyl (C=O) groups is 1. The lowest BCUT2D eigenvalue weighted by molar-refractivity contribution is -0.142. The molecule has 26 heavy (non-hydrogen) atoms. The molecule has 2 aromatic carbocycles. The molecule has 0 fully saturated rings. The van der Waals surface area contributed by atoms with Crippen LogP contribution in [0.2, 0.25) is 0 Å². The van der Waals surface area contributed by atoms with Crippen molar-refractivity contribution in [1.82, 2.24) is 0 Å². The van der Waals surface area contributed by atoms with Crippen molar-refractivity contribution in [1.29, 1.82) is 0 Å². The minimum absolute atomic E-state index is 0.0381. The third-order valence-electron chi connectivity index (χ3n) is 3.18. The Labute approximate surface area is 142 Å². The van der Waals surface area contributed by atoms with Gasteiger partial charge in [-0.1, -0.05) is 6.07 Å². The Morgan fingerprint density at radius 2 is 1.65 bits per heavy atom. The first-order chi connectivity index (χ1) is 12.0. The van der Waals surface area contributed by atoms with E-state index in [0.717, 1.165) is 6.07 Å². The number of nitrogens with one attached hydrogen (secondary N) is 1. The molecular weight excluding hydrogens is 366 g/mol. The van der Waals surface area contributed by atoms with E-state index in [1.807, 2.05) is 5.32 Å². The van der Waals surface area contributed by atoms with E-state index in [2.05, 4.69) is 4.99 Å². The van der Waals surface area contributed by atoms with E-state index in [9.17, 15) is 35.9 Å². The summed E-state index contributed by atoms with van der Waals surface area (Å²) in [7, 11) is 0. The molecule has 1 amide bonds. The van der Waals surface area contributed by atoms with Gasteiger partial charge < -0.3 is 5.32 Å². The normalized spacial score (nSPS) is 11.6. The van der Waals surface area contributed by atoms with Crippen LogP contribution in [0, 0.1) is 0 Å². The second kappa shape index (κ2) is 7.01. The fourth-order valence-corrected chi connectivity index (χ4v) is 2.03. The lowest BCUT2D eigenvalue weighted by Gasteiger charge is -2.16. The molecule has 0 saturated heterocycles. The van der Waals surface area contributed by atoms with E-state index in [-0.39, 0.29) is 17.3 Å². The molecule has 0 atom stereocenters. The Balaban J connectivity index is 2.41. The van der Waals surface area contributed by atoms with Crippen LogP contribution in [0.1, 0.15) is 21.5 Å². The number of amides is 1. The topological polar surface area (TPSA) is 58.5 Å². The summed E-state index contributed by atoms with van der Waals surface area (Å²) >= 11 is 0. The first-order valence-corrected chi connectivity index (χ1v) is 6.80. The number of halogens is 6. The van der Waals surface area contributed by atoms with Crippen molar-refractivity contribution in [3.8, 4) is 0 Å². The zero-order valence-electron chi connectivity index (χ0n) is 12.6. The van der Waals surface area contributed by atoms with Crippen molar-refractivity contribution < 1.29 is 35.9 Å². The van der Waals surface area contributed by atoms with Gasteiger partial charge in [-0.15, -0.1) is 0 Å². The first-order valence-electron chi connectivity index (χ1n) is 6.80. The van der Waals surface area contributed by atoms with Gasteiger partial charge in [0.2, 0.25) is 6.08 Å². The summed E-state index contributed by atoms with van der Waals surface area (Å²) in [5, 5.41) is 1.91. The number of aliphatic imine (C=N–C) groups is 1. The van der Waals surface area contributed by atoms with Gasteiger partial charge in [0.1, 0.15) is 0 Å². The number of isocyanates is 1. The molecule has 0 radical (unpaired) electrons.